The van der Waals surface area contributed by atoms with Crippen LogP contribution in [-0.2, 0) is 0 Å². The van der Waals surface area contributed by atoms with Crippen LogP contribution >= 0.6 is 0 Å². The van der Waals surface area contributed by atoms with E-state index in [1.165, 1.54) is 50.7 Å². The average molecular weight is 329 g/mol. The number of hydrogen-bond donors (Lipinski definition) is 2. The van der Waals surface area contributed by atoms with Crippen LogP contribution in [0.4, 0.5) is 16.2 Å². The molecule has 24 heavy (non-hydrogen) atoms. The Balaban J connectivity index is 1.33. The standard InChI is InChI=1S/C18H23N3O3/c22-17(20-15-1-3-16(4-2-15)21(23)24)19-11-18-8-12-5-13(9-18)7-14(6-12)10-18/h1-4,12-14H,5-11H2,(H2,19,20,22). The van der Waals surface area contributed by atoms with Crippen molar-refractivity contribution in [3.05, 3.63) is 34.4 Å². The Morgan fingerprint density at radius 3 is 2.12 bits per heavy atom. The molecule has 4 aliphatic carbocycles. The number of nitrogens with one attached hydrogen (secondary N) is 2. The molecule has 0 spiro atoms. The molecule has 0 heterocycles. The van der Waals surface area contributed by atoms with E-state index in [4.69, 9.17) is 0 Å². The van der Waals surface area contributed by atoms with Gasteiger partial charge in [0.25, 0.3) is 5.69 Å². The first-order chi connectivity index (χ1) is 11.5. The van der Waals surface area contributed by atoms with Crippen LogP contribution in [0, 0.1) is 33.3 Å². The summed E-state index contributed by atoms with van der Waals surface area (Å²) < 4.78 is 0. The monoisotopic (exact) mass is 329 g/mol. The van der Waals surface area contributed by atoms with E-state index in [2.05, 4.69) is 10.6 Å². The molecule has 0 aliphatic heterocycles. The normalized spacial score (nSPS) is 33.2. The van der Waals surface area contributed by atoms with Crippen molar-refractivity contribution in [2.24, 2.45) is 23.2 Å². The lowest BCUT2D eigenvalue weighted by Gasteiger charge is -2.56. The first-order valence-electron chi connectivity index (χ1n) is 8.81. The molecule has 6 nitrogen and oxygen atoms in total. The first kappa shape index (κ1) is 15.4. The third-order valence-electron chi connectivity index (χ3n) is 6.13. The van der Waals surface area contributed by atoms with Crippen LogP contribution in [0.25, 0.3) is 0 Å². The van der Waals surface area contributed by atoms with Gasteiger partial charge >= 0.3 is 6.03 Å². The third kappa shape index (κ3) is 2.97. The number of carbonyl (C=O) groups excluding carboxylic acids is 1. The lowest BCUT2D eigenvalue weighted by atomic mass is 9.49. The fourth-order valence-corrected chi connectivity index (χ4v) is 5.62. The van der Waals surface area contributed by atoms with E-state index in [1.807, 2.05) is 0 Å². The summed E-state index contributed by atoms with van der Waals surface area (Å²) >= 11 is 0. The van der Waals surface area contributed by atoms with Gasteiger partial charge in [0.05, 0.1) is 4.92 Å². The van der Waals surface area contributed by atoms with Crippen molar-refractivity contribution in [2.45, 2.75) is 38.5 Å². The van der Waals surface area contributed by atoms with Crippen molar-refractivity contribution in [3.63, 3.8) is 0 Å². The van der Waals surface area contributed by atoms with Gasteiger partial charge in [0, 0.05) is 24.4 Å². The molecule has 5 rings (SSSR count). The first-order valence-corrected chi connectivity index (χ1v) is 8.81. The van der Waals surface area contributed by atoms with Gasteiger partial charge in [0.15, 0.2) is 0 Å². The molecule has 2 N–H and O–H groups in total. The van der Waals surface area contributed by atoms with Crippen molar-refractivity contribution < 1.29 is 9.72 Å². The molecule has 4 fully saturated rings. The minimum atomic E-state index is -0.448. The molecule has 4 aliphatic rings. The van der Waals surface area contributed by atoms with Crippen molar-refractivity contribution in [3.8, 4) is 0 Å². The zero-order valence-electron chi connectivity index (χ0n) is 13.7. The molecule has 0 saturated heterocycles. The number of non-ortho nitro benzene ring substituents is 1. The van der Waals surface area contributed by atoms with Crippen LogP contribution in [-0.4, -0.2) is 17.5 Å². The average Bonchev–Trinajstić information content (AvgIpc) is 2.52. The largest absolute Gasteiger partial charge is 0.337 e. The van der Waals surface area contributed by atoms with E-state index in [9.17, 15) is 14.9 Å². The van der Waals surface area contributed by atoms with E-state index >= 15 is 0 Å². The summed E-state index contributed by atoms with van der Waals surface area (Å²) in [7, 11) is 0. The summed E-state index contributed by atoms with van der Waals surface area (Å²) in [5.41, 5.74) is 0.903. The number of amides is 2. The molecular weight excluding hydrogens is 306 g/mol. The lowest BCUT2D eigenvalue weighted by molar-refractivity contribution is -0.384. The molecule has 4 saturated carbocycles. The van der Waals surface area contributed by atoms with Crippen LogP contribution in [0.15, 0.2) is 24.3 Å². The van der Waals surface area contributed by atoms with E-state index in [0.717, 1.165) is 24.3 Å². The second-order valence-electron chi connectivity index (χ2n) is 8.03. The van der Waals surface area contributed by atoms with E-state index in [1.54, 1.807) is 12.1 Å². The number of nitrogens with zero attached hydrogens (tertiary/aromatic N) is 1. The minimum absolute atomic E-state index is 0.0227. The number of urea groups is 1. The number of nitro groups is 1. The number of nitro benzene ring substituents is 1. The number of hydrogen-bond acceptors (Lipinski definition) is 3. The second kappa shape index (κ2) is 5.76. The Morgan fingerprint density at radius 2 is 1.62 bits per heavy atom. The predicted molar refractivity (Wildman–Crippen MR) is 90.7 cm³/mol. The maximum absolute atomic E-state index is 12.2. The van der Waals surface area contributed by atoms with Crippen molar-refractivity contribution in [1.82, 2.24) is 5.32 Å². The quantitative estimate of drug-likeness (QED) is 0.648. The highest BCUT2D eigenvalue weighted by molar-refractivity contribution is 5.89. The third-order valence-corrected chi connectivity index (χ3v) is 6.13. The molecule has 0 atom stereocenters. The molecule has 2 amide bonds. The Labute approximate surface area is 141 Å². The van der Waals surface area contributed by atoms with Gasteiger partial charge in [-0.3, -0.25) is 10.1 Å². The SMILES string of the molecule is O=C(NCC12CC3CC(CC(C3)C1)C2)Nc1ccc([N+](=O)[O-])cc1. The molecule has 0 aromatic heterocycles. The smallest absolute Gasteiger partial charge is 0.319 e. The molecule has 1 aromatic carbocycles. The van der Waals surface area contributed by atoms with Gasteiger partial charge in [0.2, 0.25) is 0 Å². The summed E-state index contributed by atoms with van der Waals surface area (Å²) in [4.78, 5) is 22.4. The molecule has 0 radical (unpaired) electrons. The number of benzene rings is 1. The maximum Gasteiger partial charge on any atom is 0.319 e. The van der Waals surface area contributed by atoms with Crippen LogP contribution in [0.1, 0.15) is 38.5 Å². The highest BCUT2D eigenvalue weighted by Gasteiger charge is 2.50. The van der Waals surface area contributed by atoms with Gasteiger partial charge in [-0.2, -0.15) is 0 Å². The summed E-state index contributed by atoms with van der Waals surface area (Å²) in [6, 6.07) is 5.69. The van der Waals surface area contributed by atoms with E-state index < -0.39 is 4.92 Å². The van der Waals surface area contributed by atoms with Gasteiger partial charge in [0.1, 0.15) is 0 Å². The number of carbonyl (C=O) groups is 1. The van der Waals surface area contributed by atoms with Crippen LogP contribution < -0.4 is 10.6 Å². The summed E-state index contributed by atoms with van der Waals surface area (Å²) in [5, 5.41) is 16.5. The molecule has 0 unspecified atom stereocenters. The Morgan fingerprint density at radius 1 is 1.08 bits per heavy atom. The lowest BCUT2D eigenvalue weighted by Crippen LogP contribution is -2.51. The molecular formula is C18H23N3O3. The molecule has 128 valence electrons. The zero-order chi connectivity index (χ0) is 16.7. The zero-order valence-corrected chi connectivity index (χ0v) is 13.7. The van der Waals surface area contributed by atoms with Crippen molar-refractivity contribution in [1.29, 1.82) is 0 Å². The van der Waals surface area contributed by atoms with Gasteiger partial charge in [-0.1, -0.05) is 0 Å². The fourth-order valence-electron chi connectivity index (χ4n) is 5.62. The van der Waals surface area contributed by atoms with Crippen LogP contribution in [0.2, 0.25) is 0 Å². The Hall–Kier alpha value is -2.11. The second-order valence-corrected chi connectivity index (χ2v) is 8.03. The summed E-state index contributed by atoms with van der Waals surface area (Å²) in [6.45, 7) is 0.745. The highest BCUT2D eigenvalue weighted by Crippen LogP contribution is 2.59. The fraction of sp³-hybridized carbons (Fsp3) is 0.611. The molecule has 1 aromatic rings. The Kier molecular flexibility index (Phi) is 3.70. The molecule has 4 bridgehead atoms. The van der Waals surface area contributed by atoms with Crippen LogP contribution in [0.3, 0.4) is 0 Å². The minimum Gasteiger partial charge on any atom is -0.337 e. The van der Waals surface area contributed by atoms with Gasteiger partial charge < -0.3 is 10.6 Å². The highest BCUT2D eigenvalue weighted by atomic mass is 16.6. The van der Waals surface area contributed by atoms with E-state index in [-0.39, 0.29) is 11.7 Å². The topological polar surface area (TPSA) is 84.3 Å². The molecule has 6 heteroatoms. The summed E-state index contributed by atoms with van der Waals surface area (Å²) in [6.07, 6.45) is 7.97. The predicted octanol–water partition coefficient (Wildman–Crippen LogP) is 3.93. The summed E-state index contributed by atoms with van der Waals surface area (Å²) in [5.74, 6) is 2.61. The van der Waals surface area contributed by atoms with Gasteiger partial charge in [-0.05, 0) is 73.8 Å². The van der Waals surface area contributed by atoms with Gasteiger partial charge in [-0.15, -0.1) is 0 Å². The van der Waals surface area contributed by atoms with Gasteiger partial charge in [-0.25, -0.2) is 4.79 Å². The maximum atomic E-state index is 12.2. The van der Waals surface area contributed by atoms with Crippen LogP contribution in [0.5, 0.6) is 0 Å². The number of anilines is 1. The number of rotatable bonds is 4. The van der Waals surface area contributed by atoms with E-state index in [0.29, 0.717) is 11.1 Å². The van der Waals surface area contributed by atoms with Crippen molar-refractivity contribution in [2.75, 3.05) is 11.9 Å². The Bertz CT molecular complexity index is 621. The van der Waals surface area contributed by atoms with Crippen molar-refractivity contribution >= 4 is 17.4 Å².